The van der Waals surface area contributed by atoms with Crippen LogP contribution in [0.4, 0.5) is 0 Å². The highest BCUT2D eigenvalue weighted by molar-refractivity contribution is 5.27. The molecule has 2 aromatic rings. The molecular weight excluding hydrogens is 246 g/mol. The molecule has 1 N–H and O–H groups in total. The van der Waals surface area contributed by atoms with Gasteiger partial charge in [0.1, 0.15) is 0 Å². The van der Waals surface area contributed by atoms with Crippen molar-refractivity contribution < 1.29 is 0 Å². The van der Waals surface area contributed by atoms with Gasteiger partial charge in [-0.1, -0.05) is 31.2 Å². The summed E-state index contributed by atoms with van der Waals surface area (Å²) in [6.07, 6.45) is 6.41. The number of rotatable bonds is 3. The average Bonchev–Trinajstić information content (AvgIpc) is 2.91. The molecule has 0 aliphatic carbocycles. The minimum absolute atomic E-state index is 0.254. The Hall–Kier alpha value is -1.61. The number of piperidine rings is 1. The van der Waals surface area contributed by atoms with Gasteiger partial charge in [0.2, 0.25) is 0 Å². The second-order valence-corrected chi connectivity index (χ2v) is 6.14. The van der Waals surface area contributed by atoms with E-state index < -0.39 is 0 Å². The lowest BCUT2D eigenvalue weighted by molar-refractivity contribution is 0.318. The van der Waals surface area contributed by atoms with Crippen LogP contribution in [-0.4, -0.2) is 22.6 Å². The monoisotopic (exact) mass is 269 g/mol. The van der Waals surface area contributed by atoms with Gasteiger partial charge in [0.15, 0.2) is 0 Å². The lowest BCUT2D eigenvalue weighted by Gasteiger charge is -2.34. The van der Waals surface area contributed by atoms with Crippen LogP contribution in [0.15, 0.2) is 36.8 Å². The lowest BCUT2D eigenvalue weighted by atomic mass is 9.78. The first-order valence-corrected chi connectivity index (χ1v) is 7.45. The van der Waals surface area contributed by atoms with E-state index in [-0.39, 0.29) is 5.41 Å². The topological polar surface area (TPSA) is 29.9 Å². The molecule has 1 aromatic carbocycles. The normalized spacial score (nSPS) is 18.1. The minimum atomic E-state index is 0.254. The third kappa shape index (κ3) is 2.50. The maximum absolute atomic E-state index is 4.41. The van der Waals surface area contributed by atoms with Crippen LogP contribution in [-0.2, 0) is 12.0 Å². The van der Waals surface area contributed by atoms with Crippen molar-refractivity contribution in [3.8, 4) is 0 Å². The zero-order valence-electron chi connectivity index (χ0n) is 12.4. The summed E-state index contributed by atoms with van der Waals surface area (Å²) in [5, 5.41) is 3.45. The molecule has 0 amide bonds. The van der Waals surface area contributed by atoms with Gasteiger partial charge in [-0.05, 0) is 44.0 Å². The molecule has 2 heterocycles. The fraction of sp³-hybridized carbons (Fsp3) is 0.471. The Morgan fingerprint density at radius 2 is 2.00 bits per heavy atom. The Kier molecular flexibility index (Phi) is 3.62. The Labute approximate surface area is 121 Å². The molecule has 3 rings (SSSR count). The molecule has 106 valence electrons. The van der Waals surface area contributed by atoms with Crippen LogP contribution in [0.3, 0.4) is 0 Å². The van der Waals surface area contributed by atoms with Crippen molar-refractivity contribution in [3.05, 3.63) is 53.6 Å². The van der Waals surface area contributed by atoms with Gasteiger partial charge in [-0.2, -0.15) is 0 Å². The van der Waals surface area contributed by atoms with Gasteiger partial charge in [0.05, 0.1) is 6.33 Å². The summed E-state index contributed by atoms with van der Waals surface area (Å²) in [7, 11) is 0. The maximum atomic E-state index is 4.41. The summed E-state index contributed by atoms with van der Waals surface area (Å²) < 4.78 is 2.33. The molecule has 0 bridgehead atoms. The Morgan fingerprint density at radius 3 is 2.75 bits per heavy atom. The largest absolute Gasteiger partial charge is 0.330 e. The maximum Gasteiger partial charge on any atom is 0.0951 e. The molecule has 1 aliphatic rings. The van der Waals surface area contributed by atoms with Crippen molar-refractivity contribution in [3.63, 3.8) is 0 Å². The van der Waals surface area contributed by atoms with Gasteiger partial charge in [-0.25, -0.2) is 4.98 Å². The number of nitrogens with one attached hydrogen (secondary N) is 1. The SMILES string of the molecule is Cc1ccccc1Cn1cncc1C1(C)CCNCC1. The van der Waals surface area contributed by atoms with Gasteiger partial charge < -0.3 is 9.88 Å². The van der Waals surface area contributed by atoms with E-state index in [2.05, 4.69) is 59.2 Å². The molecule has 3 heteroatoms. The van der Waals surface area contributed by atoms with Gasteiger partial charge in [0.25, 0.3) is 0 Å². The molecule has 1 aromatic heterocycles. The predicted octanol–water partition coefficient (Wildman–Crippen LogP) is 2.88. The van der Waals surface area contributed by atoms with E-state index in [0.717, 1.165) is 19.6 Å². The van der Waals surface area contributed by atoms with Crippen LogP contribution in [0.5, 0.6) is 0 Å². The third-order valence-corrected chi connectivity index (χ3v) is 4.64. The Balaban J connectivity index is 1.89. The van der Waals surface area contributed by atoms with Gasteiger partial charge >= 0.3 is 0 Å². The number of nitrogens with zero attached hydrogens (tertiary/aromatic N) is 2. The molecule has 1 fully saturated rings. The molecule has 3 nitrogen and oxygen atoms in total. The van der Waals surface area contributed by atoms with E-state index in [1.165, 1.54) is 29.7 Å². The van der Waals surface area contributed by atoms with Crippen LogP contribution in [0.1, 0.15) is 36.6 Å². The molecule has 0 radical (unpaired) electrons. The number of imidazole rings is 1. The summed E-state index contributed by atoms with van der Waals surface area (Å²) >= 11 is 0. The molecular formula is C17H23N3. The first kappa shape index (κ1) is 13.4. The van der Waals surface area contributed by atoms with Crippen LogP contribution < -0.4 is 5.32 Å². The lowest BCUT2D eigenvalue weighted by Crippen LogP contribution is -2.39. The van der Waals surface area contributed by atoms with E-state index in [9.17, 15) is 0 Å². The highest BCUT2D eigenvalue weighted by atomic mass is 15.1. The highest BCUT2D eigenvalue weighted by Crippen LogP contribution is 2.32. The highest BCUT2D eigenvalue weighted by Gasteiger charge is 2.31. The first-order valence-electron chi connectivity index (χ1n) is 7.45. The third-order valence-electron chi connectivity index (χ3n) is 4.64. The summed E-state index contributed by atoms with van der Waals surface area (Å²) in [5.41, 5.74) is 4.36. The summed E-state index contributed by atoms with van der Waals surface area (Å²) in [6.45, 7) is 7.68. The molecule has 0 saturated carbocycles. The van der Waals surface area contributed by atoms with Crippen LogP contribution in [0, 0.1) is 6.92 Å². The number of aromatic nitrogens is 2. The van der Waals surface area contributed by atoms with Crippen LogP contribution in [0.25, 0.3) is 0 Å². The van der Waals surface area contributed by atoms with E-state index in [1.807, 2.05) is 6.33 Å². The Bertz CT molecular complexity index is 579. The summed E-state index contributed by atoms with van der Waals surface area (Å²) in [4.78, 5) is 4.41. The average molecular weight is 269 g/mol. The van der Waals surface area contributed by atoms with Crippen molar-refractivity contribution in [2.45, 2.75) is 38.6 Å². The first-order chi connectivity index (χ1) is 9.69. The van der Waals surface area contributed by atoms with Crippen molar-refractivity contribution in [2.24, 2.45) is 0 Å². The van der Waals surface area contributed by atoms with Gasteiger partial charge in [0, 0.05) is 23.9 Å². The molecule has 1 aliphatic heterocycles. The smallest absolute Gasteiger partial charge is 0.0951 e. The molecule has 20 heavy (non-hydrogen) atoms. The van der Waals surface area contributed by atoms with Crippen molar-refractivity contribution in [1.29, 1.82) is 0 Å². The quantitative estimate of drug-likeness (QED) is 0.928. The van der Waals surface area contributed by atoms with Gasteiger partial charge in [-0.3, -0.25) is 0 Å². The molecule has 0 spiro atoms. The number of hydrogen-bond acceptors (Lipinski definition) is 2. The van der Waals surface area contributed by atoms with Gasteiger partial charge in [-0.15, -0.1) is 0 Å². The van der Waals surface area contributed by atoms with E-state index in [4.69, 9.17) is 0 Å². The molecule has 0 unspecified atom stereocenters. The summed E-state index contributed by atoms with van der Waals surface area (Å²) in [5.74, 6) is 0. The zero-order chi connectivity index (χ0) is 14.0. The van der Waals surface area contributed by atoms with E-state index >= 15 is 0 Å². The van der Waals surface area contributed by atoms with Crippen molar-refractivity contribution >= 4 is 0 Å². The van der Waals surface area contributed by atoms with Crippen molar-refractivity contribution in [1.82, 2.24) is 14.9 Å². The summed E-state index contributed by atoms with van der Waals surface area (Å²) in [6, 6.07) is 8.61. The molecule has 0 atom stereocenters. The number of benzene rings is 1. The van der Waals surface area contributed by atoms with E-state index in [0.29, 0.717) is 0 Å². The van der Waals surface area contributed by atoms with E-state index in [1.54, 1.807) is 0 Å². The second kappa shape index (κ2) is 5.41. The number of hydrogen-bond donors (Lipinski definition) is 1. The Morgan fingerprint density at radius 1 is 1.25 bits per heavy atom. The van der Waals surface area contributed by atoms with Crippen molar-refractivity contribution in [2.75, 3.05) is 13.1 Å². The number of aryl methyl sites for hydroxylation is 1. The molecule has 1 saturated heterocycles. The van der Waals surface area contributed by atoms with Crippen LogP contribution in [0.2, 0.25) is 0 Å². The van der Waals surface area contributed by atoms with Crippen LogP contribution >= 0.6 is 0 Å². The second-order valence-electron chi connectivity index (χ2n) is 6.14. The fourth-order valence-corrected chi connectivity index (χ4v) is 3.16. The zero-order valence-corrected chi connectivity index (χ0v) is 12.4. The fourth-order valence-electron chi connectivity index (χ4n) is 3.16. The predicted molar refractivity (Wildman–Crippen MR) is 82.0 cm³/mol. The minimum Gasteiger partial charge on any atom is -0.330 e. The standard InChI is InChI=1S/C17H23N3/c1-14-5-3-4-6-15(14)12-20-13-19-11-16(20)17(2)7-9-18-10-8-17/h3-6,11,13,18H,7-10,12H2,1-2H3.